The molecule has 0 aromatic heterocycles. The highest BCUT2D eigenvalue weighted by atomic mass is 79.9. The van der Waals surface area contributed by atoms with Gasteiger partial charge in [0.15, 0.2) is 0 Å². The van der Waals surface area contributed by atoms with Gasteiger partial charge in [0, 0.05) is 10.5 Å². The summed E-state index contributed by atoms with van der Waals surface area (Å²) in [5, 5.41) is 5.56. The van der Waals surface area contributed by atoms with Gasteiger partial charge in [-0.3, -0.25) is 9.59 Å². The van der Waals surface area contributed by atoms with Crippen LogP contribution in [-0.2, 0) is 9.59 Å². The van der Waals surface area contributed by atoms with E-state index >= 15 is 0 Å². The quantitative estimate of drug-likeness (QED) is 0.765. The minimum atomic E-state index is -0.712. The maximum absolute atomic E-state index is 11.8. The monoisotopic (exact) mass is 374 g/mol. The van der Waals surface area contributed by atoms with Crippen LogP contribution in [0.5, 0.6) is 0 Å². The molecule has 0 aliphatic carbocycles. The predicted molar refractivity (Wildman–Crippen MR) is 89.5 cm³/mol. The van der Waals surface area contributed by atoms with Gasteiger partial charge in [0.25, 0.3) is 0 Å². The van der Waals surface area contributed by atoms with Crippen molar-refractivity contribution in [1.82, 2.24) is 5.32 Å². The minimum Gasteiger partial charge on any atom is -0.345 e. The van der Waals surface area contributed by atoms with Gasteiger partial charge in [-0.25, -0.2) is 0 Å². The minimum absolute atomic E-state index is 0.0361. The fourth-order valence-electron chi connectivity index (χ4n) is 1.71. The molecule has 0 heterocycles. The summed E-state index contributed by atoms with van der Waals surface area (Å²) in [5.74, 6) is -0.791. The van der Waals surface area contributed by atoms with Crippen molar-refractivity contribution in [3.05, 3.63) is 27.7 Å². The van der Waals surface area contributed by atoms with E-state index in [-0.39, 0.29) is 6.04 Å². The Balaban J connectivity index is 2.53. The third kappa shape index (κ3) is 6.48. The third-order valence-corrected chi connectivity index (χ3v) is 3.75. The summed E-state index contributed by atoms with van der Waals surface area (Å²) >= 11 is 9.27. The van der Waals surface area contributed by atoms with Gasteiger partial charge in [-0.15, -0.1) is 0 Å². The van der Waals surface area contributed by atoms with Crippen molar-refractivity contribution in [2.45, 2.75) is 39.7 Å². The van der Waals surface area contributed by atoms with Gasteiger partial charge in [0.1, 0.15) is 0 Å². The maximum Gasteiger partial charge on any atom is 0.313 e. The summed E-state index contributed by atoms with van der Waals surface area (Å²) in [6.45, 7) is 6.13. The average Bonchev–Trinajstić information content (AvgIpc) is 2.39. The zero-order valence-corrected chi connectivity index (χ0v) is 14.7. The largest absolute Gasteiger partial charge is 0.345 e. The predicted octanol–water partition coefficient (Wildman–Crippen LogP) is 3.98. The molecule has 0 aliphatic heterocycles. The molecule has 21 heavy (non-hydrogen) atoms. The van der Waals surface area contributed by atoms with E-state index in [1.807, 2.05) is 6.92 Å². The van der Waals surface area contributed by atoms with Gasteiger partial charge >= 0.3 is 11.8 Å². The fourth-order valence-corrected chi connectivity index (χ4v) is 2.44. The second kappa shape index (κ2) is 8.39. The number of carbonyl (C=O) groups is 2. The van der Waals surface area contributed by atoms with E-state index in [9.17, 15) is 9.59 Å². The second-order valence-electron chi connectivity index (χ2n) is 5.42. The number of hydrogen-bond donors (Lipinski definition) is 2. The number of carbonyl (C=O) groups excluding carboxylic acids is 2. The van der Waals surface area contributed by atoms with Crippen LogP contribution >= 0.6 is 27.5 Å². The van der Waals surface area contributed by atoms with Gasteiger partial charge in [-0.1, -0.05) is 41.4 Å². The Morgan fingerprint density at radius 3 is 2.43 bits per heavy atom. The van der Waals surface area contributed by atoms with Crippen LogP contribution in [0.3, 0.4) is 0 Å². The smallest absolute Gasteiger partial charge is 0.313 e. The molecule has 1 unspecified atom stereocenters. The van der Waals surface area contributed by atoms with Crippen molar-refractivity contribution in [1.29, 1.82) is 0 Å². The van der Waals surface area contributed by atoms with Crippen molar-refractivity contribution in [2.75, 3.05) is 5.32 Å². The van der Waals surface area contributed by atoms with Crippen LogP contribution in [0.4, 0.5) is 5.69 Å². The van der Waals surface area contributed by atoms with E-state index in [2.05, 4.69) is 40.4 Å². The lowest BCUT2D eigenvalue weighted by Gasteiger charge is -2.15. The highest BCUT2D eigenvalue weighted by Crippen LogP contribution is 2.25. The van der Waals surface area contributed by atoms with E-state index < -0.39 is 11.8 Å². The Morgan fingerprint density at radius 2 is 1.86 bits per heavy atom. The summed E-state index contributed by atoms with van der Waals surface area (Å²) < 4.78 is 0.803. The first-order chi connectivity index (χ1) is 9.79. The molecule has 1 atom stereocenters. The molecule has 0 saturated heterocycles. The Hall–Kier alpha value is -1.07. The van der Waals surface area contributed by atoms with E-state index in [1.54, 1.807) is 18.2 Å². The summed E-state index contributed by atoms with van der Waals surface area (Å²) in [6.07, 6.45) is 1.84. The van der Waals surface area contributed by atoms with Crippen molar-refractivity contribution in [2.24, 2.45) is 5.92 Å². The highest BCUT2D eigenvalue weighted by Gasteiger charge is 2.17. The standard InChI is InChI=1S/C15H20BrClN2O2/c1-9(2)4-5-10(3)18-14(20)15(21)19-13-7-6-11(16)8-12(13)17/h6-10H,4-5H2,1-3H3,(H,18,20)(H,19,21). The molecular formula is C15H20BrClN2O2. The van der Waals surface area contributed by atoms with Gasteiger partial charge < -0.3 is 10.6 Å². The Labute approximate surface area is 138 Å². The van der Waals surface area contributed by atoms with Crippen LogP contribution < -0.4 is 10.6 Å². The lowest BCUT2D eigenvalue weighted by Crippen LogP contribution is -2.40. The number of benzene rings is 1. The average molecular weight is 376 g/mol. The van der Waals surface area contributed by atoms with Crippen LogP contribution in [0.2, 0.25) is 5.02 Å². The zero-order valence-electron chi connectivity index (χ0n) is 12.4. The number of hydrogen-bond acceptors (Lipinski definition) is 2. The molecule has 1 aromatic carbocycles. The topological polar surface area (TPSA) is 58.2 Å². The molecule has 2 N–H and O–H groups in total. The maximum atomic E-state index is 11.8. The molecule has 0 fully saturated rings. The molecule has 0 spiro atoms. The highest BCUT2D eigenvalue weighted by molar-refractivity contribution is 9.10. The lowest BCUT2D eigenvalue weighted by atomic mass is 10.0. The number of rotatable bonds is 5. The molecule has 0 aliphatic rings. The molecule has 116 valence electrons. The Morgan fingerprint density at radius 1 is 1.19 bits per heavy atom. The number of anilines is 1. The van der Waals surface area contributed by atoms with Crippen molar-refractivity contribution < 1.29 is 9.59 Å². The van der Waals surface area contributed by atoms with Gasteiger partial charge in [0.2, 0.25) is 0 Å². The normalized spacial score (nSPS) is 12.1. The van der Waals surface area contributed by atoms with Crippen LogP contribution in [0.25, 0.3) is 0 Å². The fraction of sp³-hybridized carbons (Fsp3) is 0.467. The number of amides is 2. The first-order valence-corrected chi connectivity index (χ1v) is 8.03. The van der Waals surface area contributed by atoms with Gasteiger partial charge in [0.05, 0.1) is 10.7 Å². The van der Waals surface area contributed by atoms with E-state index in [1.165, 1.54) is 0 Å². The third-order valence-electron chi connectivity index (χ3n) is 2.94. The van der Waals surface area contributed by atoms with Crippen LogP contribution in [0, 0.1) is 5.92 Å². The van der Waals surface area contributed by atoms with Crippen LogP contribution in [0.15, 0.2) is 22.7 Å². The Bertz CT molecular complexity index is 520. The molecule has 1 rings (SSSR count). The lowest BCUT2D eigenvalue weighted by molar-refractivity contribution is -0.136. The van der Waals surface area contributed by atoms with Crippen molar-refractivity contribution in [3.8, 4) is 0 Å². The van der Waals surface area contributed by atoms with Crippen molar-refractivity contribution in [3.63, 3.8) is 0 Å². The molecule has 6 heteroatoms. The SMILES string of the molecule is CC(C)CCC(C)NC(=O)C(=O)Nc1ccc(Br)cc1Cl. The first-order valence-electron chi connectivity index (χ1n) is 6.86. The van der Waals surface area contributed by atoms with Crippen molar-refractivity contribution >= 4 is 45.0 Å². The molecule has 0 saturated carbocycles. The molecule has 1 aromatic rings. The number of halogens is 2. The molecule has 0 bridgehead atoms. The summed E-state index contributed by atoms with van der Waals surface area (Å²) in [5.41, 5.74) is 0.412. The van der Waals surface area contributed by atoms with Gasteiger partial charge in [-0.2, -0.15) is 0 Å². The summed E-state index contributed by atoms with van der Waals surface area (Å²) in [4.78, 5) is 23.6. The van der Waals surface area contributed by atoms with E-state index in [0.717, 1.165) is 17.3 Å². The molecule has 0 radical (unpaired) electrons. The zero-order chi connectivity index (χ0) is 16.0. The Kier molecular flexibility index (Phi) is 7.18. The molecule has 4 nitrogen and oxygen atoms in total. The number of nitrogens with one attached hydrogen (secondary N) is 2. The summed E-state index contributed by atoms with van der Waals surface area (Å²) in [6, 6.07) is 5.00. The van der Waals surface area contributed by atoms with Crippen LogP contribution in [-0.4, -0.2) is 17.9 Å². The van der Waals surface area contributed by atoms with E-state index in [4.69, 9.17) is 11.6 Å². The van der Waals surface area contributed by atoms with Gasteiger partial charge in [-0.05, 0) is 43.9 Å². The molecule has 2 amide bonds. The van der Waals surface area contributed by atoms with Crippen LogP contribution in [0.1, 0.15) is 33.6 Å². The second-order valence-corrected chi connectivity index (χ2v) is 6.75. The molecular weight excluding hydrogens is 356 g/mol. The summed E-state index contributed by atoms with van der Waals surface area (Å²) in [7, 11) is 0. The first kappa shape index (κ1) is 18.0. The van der Waals surface area contributed by atoms with E-state index in [0.29, 0.717) is 16.6 Å².